The van der Waals surface area contributed by atoms with E-state index in [9.17, 15) is 28.8 Å². The molecule has 3 N–H and O–H groups in total. The van der Waals surface area contributed by atoms with Crippen molar-refractivity contribution in [2.24, 2.45) is 23.0 Å². The molecule has 0 saturated heterocycles. The van der Waals surface area contributed by atoms with Gasteiger partial charge in [-0.2, -0.15) is 0 Å². The van der Waals surface area contributed by atoms with E-state index in [1.807, 2.05) is 34.6 Å². The molecule has 246 valence electrons. The van der Waals surface area contributed by atoms with Gasteiger partial charge < -0.3 is 30.2 Å². The summed E-state index contributed by atoms with van der Waals surface area (Å²) in [6.07, 6.45) is 1.05. The Morgan fingerprint density at radius 3 is 1.98 bits per heavy atom. The van der Waals surface area contributed by atoms with Crippen LogP contribution in [0.15, 0.2) is 11.6 Å². The molecule has 0 aliphatic carbocycles. The summed E-state index contributed by atoms with van der Waals surface area (Å²) in [4.78, 5) is 77.7. The summed E-state index contributed by atoms with van der Waals surface area (Å²) in [6, 6.07) is -2.34. The van der Waals surface area contributed by atoms with Crippen LogP contribution in [-0.4, -0.2) is 85.9 Å². The van der Waals surface area contributed by atoms with Crippen molar-refractivity contribution in [3.63, 3.8) is 0 Å². The van der Waals surface area contributed by atoms with Crippen LogP contribution in [0.3, 0.4) is 0 Å². The van der Waals surface area contributed by atoms with E-state index in [1.165, 1.54) is 12.0 Å². The van der Waals surface area contributed by atoms with Gasteiger partial charge in [0.15, 0.2) is 5.78 Å². The van der Waals surface area contributed by atoms with E-state index in [4.69, 9.17) is 19.9 Å². The maximum atomic E-state index is 13.4. The molecule has 0 aromatic rings. The van der Waals surface area contributed by atoms with Crippen molar-refractivity contribution in [3.8, 4) is 0 Å². The molecular formula is C31H53N3O9. The first-order valence-corrected chi connectivity index (χ1v) is 14.8. The summed E-state index contributed by atoms with van der Waals surface area (Å²) >= 11 is 0. The third-order valence-electron chi connectivity index (χ3n) is 7.08. The normalized spacial score (nSPS) is 14.7. The van der Waals surface area contributed by atoms with Gasteiger partial charge in [0.1, 0.15) is 0 Å². The van der Waals surface area contributed by atoms with Crippen LogP contribution in [-0.2, 0) is 43.0 Å². The minimum atomic E-state index is -1.12. The number of nitrogens with one attached hydrogen (secondary N) is 1. The fraction of sp³-hybridized carbons (Fsp3) is 0.742. The molecule has 0 saturated carbocycles. The molecule has 0 aliphatic rings. The molecule has 0 radical (unpaired) electrons. The number of nitrogens with zero attached hydrogens (tertiary/aromatic N) is 1. The van der Waals surface area contributed by atoms with Crippen LogP contribution in [0.5, 0.6) is 0 Å². The maximum absolute atomic E-state index is 13.4. The minimum Gasteiger partial charge on any atom is -0.469 e. The summed E-state index contributed by atoms with van der Waals surface area (Å²) in [6.45, 7) is 14.6. The highest BCUT2D eigenvalue weighted by molar-refractivity contribution is 5.98. The number of methoxy groups -OCH3 is 1. The van der Waals surface area contributed by atoms with Gasteiger partial charge in [0, 0.05) is 31.9 Å². The molecular weight excluding hydrogens is 558 g/mol. The van der Waals surface area contributed by atoms with E-state index in [0.717, 1.165) is 0 Å². The number of ketones is 1. The van der Waals surface area contributed by atoms with Gasteiger partial charge in [-0.3, -0.25) is 28.8 Å². The van der Waals surface area contributed by atoms with Crippen LogP contribution in [0.4, 0.5) is 0 Å². The number of hydrogen-bond donors (Lipinski definition) is 2. The topological polar surface area (TPSA) is 171 Å². The molecule has 0 spiro atoms. The number of amides is 2. The van der Waals surface area contributed by atoms with E-state index in [2.05, 4.69) is 5.32 Å². The molecule has 2 amide bonds. The van der Waals surface area contributed by atoms with Crippen molar-refractivity contribution in [1.29, 1.82) is 0 Å². The number of hydrogen-bond acceptors (Lipinski definition) is 10. The Bertz CT molecular complexity index is 1000. The largest absolute Gasteiger partial charge is 0.469 e. The minimum absolute atomic E-state index is 0.0210. The summed E-state index contributed by atoms with van der Waals surface area (Å²) in [5.74, 6) is -4.07. The van der Waals surface area contributed by atoms with Crippen molar-refractivity contribution in [3.05, 3.63) is 11.6 Å². The van der Waals surface area contributed by atoms with Gasteiger partial charge in [-0.15, -0.1) is 0 Å². The number of carbonyl (C=O) groups excluding carboxylic acids is 6. The van der Waals surface area contributed by atoms with Gasteiger partial charge in [0.2, 0.25) is 11.8 Å². The van der Waals surface area contributed by atoms with Gasteiger partial charge in [0.05, 0.1) is 44.4 Å². The maximum Gasteiger partial charge on any atom is 0.309 e. The molecule has 0 aliphatic heterocycles. The zero-order chi connectivity index (χ0) is 33.5. The third kappa shape index (κ3) is 14.2. The van der Waals surface area contributed by atoms with Crippen molar-refractivity contribution in [2.45, 2.75) is 106 Å². The van der Waals surface area contributed by atoms with E-state index in [1.54, 1.807) is 33.9 Å². The quantitative estimate of drug-likeness (QED) is 0.133. The zero-order valence-corrected chi connectivity index (χ0v) is 27.6. The summed E-state index contributed by atoms with van der Waals surface area (Å²) in [7, 11) is 2.85. The molecule has 12 heteroatoms. The summed E-state index contributed by atoms with van der Waals surface area (Å²) in [5.41, 5.74) is 5.99. The average molecular weight is 612 g/mol. The highest BCUT2D eigenvalue weighted by Gasteiger charge is 2.34. The molecule has 0 rings (SSSR count). The first kappa shape index (κ1) is 39.7. The molecule has 43 heavy (non-hydrogen) atoms. The zero-order valence-electron chi connectivity index (χ0n) is 27.6. The molecule has 0 bridgehead atoms. The van der Waals surface area contributed by atoms with Crippen LogP contribution in [0, 0.1) is 17.3 Å². The molecule has 0 aromatic carbocycles. The Morgan fingerprint density at radius 1 is 0.930 bits per heavy atom. The van der Waals surface area contributed by atoms with Gasteiger partial charge in [0.25, 0.3) is 0 Å². The molecule has 4 atom stereocenters. The first-order chi connectivity index (χ1) is 19.9. The summed E-state index contributed by atoms with van der Waals surface area (Å²) < 4.78 is 14.7. The number of rotatable bonds is 18. The molecule has 12 nitrogen and oxygen atoms in total. The Kier molecular flexibility index (Phi) is 17.6. The lowest BCUT2D eigenvalue weighted by Gasteiger charge is -2.35. The standard InChI is InChI=1S/C31H53N3O9/c1-11-42-26(37)15-13-21(30(40)43-12-2)18-24(35)22(14-16-25(36)41-10)33-28(38)20(5)17-23(19(3)4)34(9)29(39)27(32)31(6,7)8/h17,19,21-23,27H,11-16,18,32H2,1-10H3,(H,33,38)/b20-17+/t21-,22+,23+,27+/m0/s1. The van der Waals surface area contributed by atoms with Crippen molar-refractivity contribution in [2.75, 3.05) is 27.4 Å². The Hall–Kier alpha value is -3.28. The number of esters is 3. The van der Waals surface area contributed by atoms with Crippen molar-refractivity contribution >= 4 is 35.5 Å². The summed E-state index contributed by atoms with van der Waals surface area (Å²) in [5, 5.41) is 2.68. The average Bonchev–Trinajstić information content (AvgIpc) is 2.93. The van der Waals surface area contributed by atoms with Crippen molar-refractivity contribution < 1.29 is 43.0 Å². The number of Topliss-reactive ketones (excluding diaryl/α,β-unsaturated/α-hetero) is 1. The van der Waals surface area contributed by atoms with Crippen LogP contribution in [0.1, 0.15) is 87.5 Å². The number of ether oxygens (including phenoxy) is 3. The predicted molar refractivity (Wildman–Crippen MR) is 161 cm³/mol. The van der Waals surface area contributed by atoms with E-state index < -0.39 is 59.1 Å². The lowest BCUT2D eigenvalue weighted by Crippen LogP contribution is -2.52. The van der Waals surface area contributed by atoms with Crippen LogP contribution in [0.25, 0.3) is 0 Å². The van der Waals surface area contributed by atoms with E-state index in [0.29, 0.717) is 0 Å². The Labute approximate surface area is 256 Å². The molecule has 0 aromatic heterocycles. The van der Waals surface area contributed by atoms with Crippen LogP contribution in [0.2, 0.25) is 0 Å². The van der Waals surface area contributed by atoms with Gasteiger partial charge in [-0.25, -0.2) is 0 Å². The number of carbonyl (C=O) groups is 6. The van der Waals surface area contributed by atoms with Gasteiger partial charge in [-0.1, -0.05) is 40.7 Å². The third-order valence-corrected chi connectivity index (χ3v) is 7.08. The second-order valence-corrected chi connectivity index (χ2v) is 12.0. The monoisotopic (exact) mass is 611 g/mol. The molecule has 0 heterocycles. The van der Waals surface area contributed by atoms with Gasteiger partial charge >= 0.3 is 17.9 Å². The highest BCUT2D eigenvalue weighted by Crippen LogP contribution is 2.22. The smallest absolute Gasteiger partial charge is 0.309 e. The Balaban J connectivity index is 6.03. The lowest BCUT2D eigenvalue weighted by molar-refractivity contribution is -0.151. The highest BCUT2D eigenvalue weighted by atomic mass is 16.5. The SMILES string of the molecule is CCOC(=O)CC[C@@H](CC(=O)[C@@H](CCC(=O)OC)NC(=O)/C(C)=C/[C@H](C(C)C)N(C)C(=O)[C@@H](N)C(C)(C)C)C(=O)OCC. The fourth-order valence-corrected chi connectivity index (χ4v) is 4.24. The van der Waals surface area contributed by atoms with E-state index in [-0.39, 0.29) is 62.7 Å². The molecule has 0 fully saturated rings. The number of likely N-dealkylation sites (N-methyl/N-ethyl adjacent to an activating group) is 1. The van der Waals surface area contributed by atoms with E-state index >= 15 is 0 Å². The van der Waals surface area contributed by atoms with Crippen LogP contribution >= 0.6 is 0 Å². The Morgan fingerprint density at radius 2 is 1.49 bits per heavy atom. The second kappa shape index (κ2) is 19.1. The van der Waals surface area contributed by atoms with Gasteiger partial charge in [-0.05, 0) is 44.9 Å². The van der Waals surface area contributed by atoms with Crippen LogP contribution < -0.4 is 11.1 Å². The van der Waals surface area contributed by atoms with Crippen molar-refractivity contribution in [1.82, 2.24) is 10.2 Å². The lowest BCUT2D eigenvalue weighted by atomic mass is 9.86. The first-order valence-electron chi connectivity index (χ1n) is 14.8. The number of nitrogens with two attached hydrogens (primary N) is 1. The molecule has 0 unspecified atom stereocenters. The fourth-order valence-electron chi connectivity index (χ4n) is 4.24. The predicted octanol–water partition coefficient (Wildman–Crippen LogP) is 2.71. The second-order valence-electron chi connectivity index (χ2n) is 12.0.